The van der Waals surface area contributed by atoms with Crippen LogP contribution in [0.15, 0.2) is 34.9 Å². The lowest BCUT2D eigenvalue weighted by Gasteiger charge is -2.11. The molecule has 0 aliphatic carbocycles. The van der Waals surface area contributed by atoms with E-state index >= 15 is 0 Å². The van der Waals surface area contributed by atoms with Crippen molar-refractivity contribution in [2.75, 3.05) is 20.8 Å². The summed E-state index contributed by atoms with van der Waals surface area (Å²) in [6.07, 6.45) is 2.80. The van der Waals surface area contributed by atoms with Crippen LogP contribution in [0.25, 0.3) is 11.1 Å². The van der Waals surface area contributed by atoms with Gasteiger partial charge in [-0.05, 0) is 37.2 Å². The van der Waals surface area contributed by atoms with Gasteiger partial charge in [-0.15, -0.1) is 0 Å². The highest BCUT2D eigenvalue weighted by Gasteiger charge is 2.14. The average Bonchev–Trinajstić information content (AvgIpc) is 2.95. The van der Waals surface area contributed by atoms with Crippen molar-refractivity contribution in [2.45, 2.75) is 19.9 Å². The Morgan fingerprint density at radius 1 is 1.10 bits per heavy atom. The van der Waals surface area contributed by atoms with Gasteiger partial charge in [0.15, 0.2) is 0 Å². The highest BCUT2D eigenvalue weighted by molar-refractivity contribution is 5.73. The van der Waals surface area contributed by atoms with E-state index < -0.39 is 0 Å². The zero-order valence-corrected chi connectivity index (χ0v) is 12.2. The third-order valence-electron chi connectivity index (χ3n) is 3.15. The number of hydrogen-bond acceptors (Lipinski definition) is 4. The number of hydrogen-bond donors (Lipinski definition) is 1. The van der Waals surface area contributed by atoms with Gasteiger partial charge in [-0.2, -0.15) is 0 Å². The van der Waals surface area contributed by atoms with Gasteiger partial charge in [-0.3, -0.25) is 0 Å². The maximum absolute atomic E-state index is 5.58. The summed E-state index contributed by atoms with van der Waals surface area (Å²) in [7, 11) is 3.32. The Balaban J connectivity index is 2.33. The van der Waals surface area contributed by atoms with E-state index in [9.17, 15) is 0 Å². The van der Waals surface area contributed by atoms with Crippen LogP contribution in [0.2, 0.25) is 0 Å². The lowest BCUT2D eigenvalue weighted by Crippen LogP contribution is -2.13. The minimum absolute atomic E-state index is 0.705. The largest absolute Gasteiger partial charge is 0.497 e. The smallest absolute Gasteiger partial charge is 0.127 e. The third kappa shape index (κ3) is 3.14. The van der Waals surface area contributed by atoms with Crippen molar-refractivity contribution in [1.82, 2.24) is 5.32 Å². The van der Waals surface area contributed by atoms with Crippen LogP contribution in [0.3, 0.4) is 0 Å². The van der Waals surface area contributed by atoms with E-state index in [2.05, 4.69) is 12.2 Å². The monoisotopic (exact) mass is 275 g/mol. The summed E-state index contributed by atoms with van der Waals surface area (Å²) >= 11 is 0. The fraction of sp³-hybridized carbons (Fsp3) is 0.375. The minimum atomic E-state index is 0.705. The number of furan rings is 1. The maximum Gasteiger partial charge on any atom is 0.127 e. The molecule has 0 bridgehead atoms. The summed E-state index contributed by atoms with van der Waals surface area (Å²) in [6, 6.07) is 7.72. The summed E-state index contributed by atoms with van der Waals surface area (Å²) in [4.78, 5) is 0. The van der Waals surface area contributed by atoms with Gasteiger partial charge < -0.3 is 19.2 Å². The highest BCUT2D eigenvalue weighted by atomic mass is 16.5. The molecule has 0 aliphatic rings. The first-order valence-electron chi connectivity index (χ1n) is 6.79. The molecule has 0 aliphatic heterocycles. The first kappa shape index (κ1) is 14.5. The van der Waals surface area contributed by atoms with E-state index in [0.717, 1.165) is 41.4 Å². The Hall–Kier alpha value is -1.94. The molecule has 0 fully saturated rings. The first-order chi connectivity index (χ1) is 9.80. The van der Waals surface area contributed by atoms with Crippen molar-refractivity contribution >= 4 is 0 Å². The molecule has 1 N–H and O–H groups in total. The Labute approximate surface area is 119 Å². The van der Waals surface area contributed by atoms with Crippen LogP contribution >= 0.6 is 0 Å². The molecule has 0 saturated carbocycles. The zero-order valence-electron chi connectivity index (χ0n) is 12.2. The van der Waals surface area contributed by atoms with Crippen molar-refractivity contribution in [3.8, 4) is 22.6 Å². The van der Waals surface area contributed by atoms with Gasteiger partial charge in [-0.25, -0.2) is 0 Å². The van der Waals surface area contributed by atoms with Crippen molar-refractivity contribution in [1.29, 1.82) is 0 Å². The van der Waals surface area contributed by atoms with Gasteiger partial charge >= 0.3 is 0 Å². The van der Waals surface area contributed by atoms with Crippen LogP contribution in [-0.2, 0) is 6.54 Å². The quantitative estimate of drug-likeness (QED) is 0.786. The number of methoxy groups -OCH3 is 2. The molecule has 4 nitrogen and oxygen atoms in total. The summed E-state index contributed by atoms with van der Waals surface area (Å²) in [6.45, 7) is 3.81. The second kappa shape index (κ2) is 7.01. The van der Waals surface area contributed by atoms with Gasteiger partial charge in [0.2, 0.25) is 0 Å². The molecule has 1 aromatic carbocycles. The third-order valence-corrected chi connectivity index (χ3v) is 3.15. The summed E-state index contributed by atoms with van der Waals surface area (Å²) in [5.41, 5.74) is 2.01. The summed E-state index contributed by atoms with van der Waals surface area (Å²) in [5.74, 6) is 2.52. The van der Waals surface area contributed by atoms with E-state index in [1.54, 1.807) is 20.5 Å². The maximum atomic E-state index is 5.58. The predicted octanol–water partition coefficient (Wildman–Crippen LogP) is 3.46. The predicted molar refractivity (Wildman–Crippen MR) is 79.2 cm³/mol. The minimum Gasteiger partial charge on any atom is -0.497 e. The van der Waals surface area contributed by atoms with Crippen LogP contribution < -0.4 is 14.8 Å². The lowest BCUT2D eigenvalue weighted by atomic mass is 10.0. The van der Waals surface area contributed by atoms with Crippen molar-refractivity contribution in [2.24, 2.45) is 0 Å². The lowest BCUT2D eigenvalue weighted by molar-refractivity contribution is 0.404. The Morgan fingerprint density at radius 2 is 1.95 bits per heavy atom. The zero-order chi connectivity index (χ0) is 14.4. The van der Waals surface area contributed by atoms with Crippen LogP contribution in [0.5, 0.6) is 11.5 Å². The molecular weight excluding hydrogens is 254 g/mol. The number of ether oxygens (including phenoxy) is 2. The Morgan fingerprint density at radius 3 is 2.65 bits per heavy atom. The number of benzene rings is 1. The molecule has 20 heavy (non-hydrogen) atoms. The van der Waals surface area contributed by atoms with Gasteiger partial charge in [0.05, 0.1) is 27.0 Å². The van der Waals surface area contributed by atoms with Crippen molar-refractivity contribution in [3.63, 3.8) is 0 Å². The van der Waals surface area contributed by atoms with Gasteiger partial charge in [0, 0.05) is 11.1 Å². The normalized spacial score (nSPS) is 10.6. The van der Waals surface area contributed by atoms with Crippen LogP contribution in [0, 0.1) is 0 Å². The van der Waals surface area contributed by atoms with E-state index in [-0.39, 0.29) is 0 Å². The topological polar surface area (TPSA) is 43.6 Å². The van der Waals surface area contributed by atoms with E-state index in [1.165, 1.54) is 0 Å². The molecule has 0 unspecified atom stereocenters. The summed E-state index contributed by atoms with van der Waals surface area (Å²) < 4.78 is 16.3. The van der Waals surface area contributed by atoms with E-state index in [1.807, 2.05) is 24.3 Å². The SMILES string of the molecule is CCCNCc1occc1-c1cc(OC)ccc1OC. The molecular formula is C16H21NO3. The molecule has 108 valence electrons. The Bertz CT molecular complexity index is 548. The standard InChI is InChI=1S/C16H21NO3/c1-4-8-17-11-16-13(7-9-20-16)14-10-12(18-2)5-6-15(14)19-3/h5-7,9-10,17H,4,8,11H2,1-3H3. The van der Waals surface area contributed by atoms with Crippen molar-refractivity contribution in [3.05, 3.63) is 36.3 Å². The number of rotatable bonds is 7. The molecule has 0 radical (unpaired) electrons. The molecule has 4 heteroatoms. The molecule has 0 amide bonds. The van der Waals surface area contributed by atoms with Crippen LogP contribution in [-0.4, -0.2) is 20.8 Å². The fourth-order valence-corrected chi connectivity index (χ4v) is 2.12. The van der Waals surface area contributed by atoms with Crippen LogP contribution in [0.4, 0.5) is 0 Å². The Kier molecular flexibility index (Phi) is 5.07. The molecule has 0 saturated heterocycles. The molecule has 2 aromatic rings. The molecule has 2 rings (SSSR count). The van der Waals surface area contributed by atoms with Gasteiger partial charge in [0.25, 0.3) is 0 Å². The first-order valence-corrected chi connectivity index (χ1v) is 6.79. The summed E-state index contributed by atoms with van der Waals surface area (Å²) in [5, 5.41) is 3.35. The second-order valence-electron chi connectivity index (χ2n) is 4.50. The fourth-order valence-electron chi connectivity index (χ4n) is 2.12. The second-order valence-corrected chi connectivity index (χ2v) is 4.50. The average molecular weight is 275 g/mol. The molecule has 0 atom stereocenters. The molecule has 1 heterocycles. The number of nitrogens with one attached hydrogen (secondary N) is 1. The molecule has 0 spiro atoms. The van der Waals surface area contributed by atoms with Crippen LogP contribution in [0.1, 0.15) is 19.1 Å². The van der Waals surface area contributed by atoms with E-state index in [0.29, 0.717) is 6.54 Å². The highest BCUT2D eigenvalue weighted by Crippen LogP contribution is 2.35. The van der Waals surface area contributed by atoms with E-state index in [4.69, 9.17) is 13.9 Å². The van der Waals surface area contributed by atoms with Gasteiger partial charge in [0.1, 0.15) is 17.3 Å². The molecule has 1 aromatic heterocycles. The van der Waals surface area contributed by atoms with Gasteiger partial charge in [-0.1, -0.05) is 6.92 Å². The van der Waals surface area contributed by atoms with Crippen molar-refractivity contribution < 1.29 is 13.9 Å².